The second-order valence-electron chi connectivity index (χ2n) is 3.00. The number of nitrogens with one attached hydrogen (secondary N) is 1. The van der Waals surface area contributed by atoms with Gasteiger partial charge in [0.1, 0.15) is 12.4 Å². The molecule has 0 saturated carbocycles. The number of carbonyl (C=O) groups excluding carboxylic acids is 1. The number of rotatable bonds is 4. The molecule has 16 heavy (non-hydrogen) atoms. The van der Waals surface area contributed by atoms with E-state index in [0.717, 1.165) is 6.08 Å². The Bertz CT molecular complexity index is 429. The topological polar surface area (TPSA) is 66.4 Å². The first kappa shape index (κ1) is 11.9. The number of aliphatic carboxylic acids is 1. The predicted octanol–water partition coefficient (Wildman–Crippen LogP) is 1.04. The Morgan fingerprint density at radius 1 is 1.44 bits per heavy atom. The highest BCUT2D eigenvalue weighted by molar-refractivity contribution is 5.93. The molecule has 5 heteroatoms. The molecule has 0 spiro atoms. The second-order valence-corrected chi connectivity index (χ2v) is 3.00. The van der Waals surface area contributed by atoms with Crippen LogP contribution in [0.1, 0.15) is 5.56 Å². The zero-order chi connectivity index (χ0) is 12.0. The van der Waals surface area contributed by atoms with Crippen LogP contribution in [0.4, 0.5) is 4.39 Å². The fourth-order valence-corrected chi connectivity index (χ4v) is 1.00. The average Bonchev–Trinajstić information content (AvgIpc) is 2.23. The van der Waals surface area contributed by atoms with E-state index < -0.39 is 24.2 Å². The van der Waals surface area contributed by atoms with Crippen molar-refractivity contribution in [1.82, 2.24) is 5.32 Å². The molecule has 0 bridgehead atoms. The summed E-state index contributed by atoms with van der Waals surface area (Å²) >= 11 is 0. The SMILES string of the molecule is O=C(O)CNC(=O)/C=C/c1cccc(F)c1. The van der Waals surface area contributed by atoms with Crippen molar-refractivity contribution in [1.29, 1.82) is 0 Å². The third kappa shape index (κ3) is 4.36. The second kappa shape index (κ2) is 5.65. The van der Waals surface area contributed by atoms with E-state index in [-0.39, 0.29) is 0 Å². The van der Waals surface area contributed by atoms with Gasteiger partial charge in [-0.25, -0.2) is 4.39 Å². The maximum Gasteiger partial charge on any atom is 0.322 e. The first-order valence-electron chi connectivity index (χ1n) is 4.51. The molecule has 0 aromatic heterocycles. The van der Waals surface area contributed by atoms with Crippen LogP contribution in [0.25, 0.3) is 6.08 Å². The minimum atomic E-state index is -1.12. The molecule has 0 unspecified atom stereocenters. The fourth-order valence-electron chi connectivity index (χ4n) is 1.00. The van der Waals surface area contributed by atoms with Gasteiger partial charge in [-0.3, -0.25) is 9.59 Å². The lowest BCUT2D eigenvalue weighted by molar-refractivity contribution is -0.137. The summed E-state index contributed by atoms with van der Waals surface area (Å²) in [6.07, 6.45) is 2.55. The van der Waals surface area contributed by atoms with Crippen molar-refractivity contribution in [3.63, 3.8) is 0 Å². The van der Waals surface area contributed by atoms with E-state index in [9.17, 15) is 14.0 Å². The zero-order valence-corrected chi connectivity index (χ0v) is 8.31. The molecule has 1 rings (SSSR count). The van der Waals surface area contributed by atoms with E-state index in [1.54, 1.807) is 6.07 Å². The van der Waals surface area contributed by atoms with E-state index >= 15 is 0 Å². The maximum absolute atomic E-state index is 12.7. The number of benzene rings is 1. The van der Waals surface area contributed by atoms with Crippen LogP contribution in [0.15, 0.2) is 30.3 Å². The van der Waals surface area contributed by atoms with Crippen molar-refractivity contribution in [3.8, 4) is 0 Å². The van der Waals surface area contributed by atoms with Gasteiger partial charge in [-0.15, -0.1) is 0 Å². The number of hydrogen-bond donors (Lipinski definition) is 2. The largest absolute Gasteiger partial charge is 0.480 e. The fraction of sp³-hybridized carbons (Fsp3) is 0.0909. The first-order chi connectivity index (χ1) is 7.58. The van der Waals surface area contributed by atoms with Gasteiger partial charge in [0, 0.05) is 6.08 Å². The molecular weight excluding hydrogens is 213 g/mol. The molecule has 4 nitrogen and oxygen atoms in total. The average molecular weight is 223 g/mol. The number of halogens is 1. The lowest BCUT2D eigenvalue weighted by Gasteiger charge is -1.96. The van der Waals surface area contributed by atoms with Gasteiger partial charge in [-0.2, -0.15) is 0 Å². The molecule has 0 radical (unpaired) electrons. The van der Waals surface area contributed by atoms with Crippen LogP contribution >= 0.6 is 0 Å². The van der Waals surface area contributed by atoms with Crippen LogP contribution in [0, 0.1) is 5.82 Å². The summed E-state index contributed by atoms with van der Waals surface area (Å²) < 4.78 is 12.7. The molecule has 1 amide bonds. The van der Waals surface area contributed by atoms with E-state index in [1.807, 2.05) is 0 Å². The quantitative estimate of drug-likeness (QED) is 0.749. The molecule has 84 valence electrons. The van der Waals surface area contributed by atoms with Crippen molar-refractivity contribution in [2.75, 3.05) is 6.54 Å². The highest BCUT2D eigenvalue weighted by Crippen LogP contribution is 2.04. The molecule has 0 aliphatic rings. The third-order valence-electron chi connectivity index (χ3n) is 1.69. The van der Waals surface area contributed by atoms with Crippen LogP contribution in [0.2, 0.25) is 0 Å². The Morgan fingerprint density at radius 2 is 2.19 bits per heavy atom. The van der Waals surface area contributed by atoms with Gasteiger partial charge in [-0.05, 0) is 23.8 Å². The van der Waals surface area contributed by atoms with Gasteiger partial charge in [0.05, 0.1) is 0 Å². The number of amides is 1. The van der Waals surface area contributed by atoms with E-state index in [4.69, 9.17) is 5.11 Å². The summed E-state index contributed by atoms with van der Waals surface area (Å²) in [4.78, 5) is 21.2. The van der Waals surface area contributed by atoms with Crippen LogP contribution in [-0.4, -0.2) is 23.5 Å². The van der Waals surface area contributed by atoms with E-state index in [0.29, 0.717) is 5.56 Å². The van der Waals surface area contributed by atoms with Crippen molar-refractivity contribution in [2.24, 2.45) is 0 Å². The Balaban J connectivity index is 2.53. The molecule has 0 atom stereocenters. The smallest absolute Gasteiger partial charge is 0.322 e. The minimum absolute atomic E-state index is 0.395. The van der Waals surface area contributed by atoms with E-state index in [1.165, 1.54) is 24.3 Å². The normalized spacial score (nSPS) is 10.3. The molecule has 1 aromatic carbocycles. The Kier molecular flexibility index (Phi) is 4.20. The number of carbonyl (C=O) groups is 2. The molecule has 0 aliphatic heterocycles. The molecule has 0 saturated heterocycles. The summed E-state index contributed by atoms with van der Waals surface area (Å²) in [6.45, 7) is -0.438. The van der Waals surface area contributed by atoms with Crippen molar-refractivity contribution in [2.45, 2.75) is 0 Å². The lowest BCUT2D eigenvalue weighted by Crippen LogP contribution is -2.27. The molecule has 1 aromatic rings. The summed E-state index contributed by atoms with van der Waals surface area (Å²) in [7, 11) is 0. The van der Waals surface area contributed by atoms with Gasteiger partial charge in [-0.1, -0.05) is 12.1 Å². The predicted molar refractivity (Wildman–Crippen MR) is 56.1 cm³/mol. The van der Waals surface area contributed by atoms with Crippen LogP contribution < -0.4 is 5.32 Å². The zero-order valence-electron chi connectivity index (χ0n) is 8.31. The summed E-state index contributed by atoms with van der Waals surface area (Å²) in [5, 5.41) is 10.4. The van der Waals surface area contributed by atoms with Crippen molar-refractivity contribution >= 4 is 18.0 Å². The molecular formula is C11H10FNO3. The molecule has 0 aliphatic carbocycles. The Hall–Kier alpha value is -2.17. The third-order valence-corrected chi connectivity index (χ3v) is 1.69. The molecule has 2 N–H and O–H groups in total. The molecule has 0 heterocycles. The van der Waals surface area contributed by atoms with Crippen LogP contribution in [0.5, 0.6) is 0 Å². The van der Waals surface area contributed by atoms with Gasteiger partial charge in [0.25, 0.3) is 0 Å². The highest BCUT2D eigenvalue weighted by Gasteiger charge is 1.99. The summed E-state index contributed by atoms with van der Waals surface area (Å²) in [5.74, 6) is -2.05. The standard InChI is InChI=1S/C11H10FNO3/c12-9-3-1-2-8(6-9)4-5-10(14)13-7-11(15)16/h1-6H,7H2,(H,13,14)(H,15,16)/b5-4+. The summed E-state index contributed by atoms with van der Waals surface area (Å²) in [6, 6.07) is 5.71. The van der Waals surface area contributed by atoms with Gasteiger partial charge in [0.2, 0.25) is 5.91 Å². The van der Waals surface area contributed by atoms with E-state index in [2.05, 4.69) is 5.32 Å². The monoisotopic (exact) mass is 223 g/mol. The maximum atomic E-state index is 12.7. The first-order valence-corrected chi connectivity index (χ1v) is 4.51. The van der Waals surface area contributed by atoms with Gasteiger partial charge in [0.15, 0.2) is 0 Å². The Labute approximate surface area is 91.4 Å². The Morgan fingerprint density at radius 3 is 2.81 bits per heavy atom. The van der Waals surface area contributed by atoms with Crippen molar-refractivity contribution < 1.29 is 19.1 Å². The lowest BCUT2D eigenvalue weighted by atomic mass is 10.2. The van der Waals surface area contributed by atoms with Crippen LogP contribution in [-0.2, 0) is 9.59 Å². The highest BCUT2D eigenvalue weighted by atomic mass is 19.1. The number of carboxylic acids is 1. The van der Waals surface area contributed by atoms with Crippen LogP contribution in [0.3, 0.4) is 0 Å². The molecule has 0 fully saturated rings. The van der Waals surface area contributed by atoms with Gasteiger partial charge < -0.3 is 10.4 Å². The van der Waals surface area contributed by atoms with Crippen molar-refractivity contribution in [3.05, 3.63) is 41.7 Å². The van der Waals surface area contributed by atoms with Gasteiger partial charge >= 0.3 is 5.97 Å². The number of hydrogen-bond acceptors (Lipinski definition) is 2. The number of carboxylic acid groups (broad SMARTS) is 1. The minimum Gasteiger partial charge on any atom is -0.480 e. The summed E-state index contributed by atoms with van der Waals surface area (Å²) in [5.41, 5.74) is 0.533.